The van der Waals surface area contributed by atoms with Crippen LogP contribution in [0.15, 0.2) is 22.7 Å². The van der Waals surface area contributed by atoms with E-state index < -0.39 is 0 Å². The minimum atomic E-state index is -0.0384. The Bertz CT molecular complexity index is 1200. The topological polar surface area (TPSA) is 84.5 Å². The molecule has 1 saturated heterocycles. The molecule has 4 heterocycles. The van der Waals surface area contributed by atoms with E-state index in [1.807, 2.05) is 68.2 Å². The second kappa shape index (κ2) is 9.60. The Morgan fingerprint density at radius 3 is 2.38 bits per heavy atom. The van der Waals surface area contributed by atoms with Crippen molar-refractivity contribution in [2.75, 3.05) is 26.2 Å². The Balaban J connectivity index is 1.66. The van der Waals surface area contributed by atoms with Crippen molar-refractivity contribution in [2.45, 2.75) is 60.4 Å². The van der Waals surface area contributed by atoms with Crippen molar-refractivity contribution in [1.82, 2.24) is 24.6 Å². The van der Waals surface area contributed by atoms with E-state index in [4.69, 9.17) is 9.40 Å². The minimum Gasteiger partial charge on any atom is -0.466 e. The third-order valence-electron chi connectivity index (χ3n) is 6.81. The monoisotopic (exact) mass is 465 g/mol. The Kier molecular flexibility index (Phi) is 6.77. The van der Waals surface area contributed by atoms with Gasteiger partial charge in [-0.2, -0.15) is 5.10 Å². The fourth-order valence-electron chi connectivity index (χ4n) is 4.89. The Labute approximate surface area is 200 Å². The zero-order valence-electron chi connectivity index (χ0n) is 21.1. The molecule has 0 aromatic carbocycles. The molecule has 0 N–H and O–H groups in total. The lowest BCUT2D eigenvalue weighted by molar-refractivity contribution is -0.136. The molecule has 1 fully saturated rings. The first-order valence-corrected chi connectivity index (χ1v) is 12.3. The van der Waals surface area contributed by atoms with Gasteiger partial charge in [0.15, 0.2) is 5.65 Å². The number of amides is 2. The predicted octanol–water partition coefficient (Wildman–Crippen LogP) is 4.61. The number of nitrogens with zero attached hydrogens (tertiary/aromatic N) is 5. The summed E-state index contributed by atoms with van der Waals surface area (Å²) in [5.41, 5.74) is 2.88. The van der Waals surface area contributed by atoms with E-state index in [1.165, 1.54) is 0 Å². The Morgan fingerprint density at radius 1 is 1.15 bits per heavy atom. The molecule has 2 amide bonds. The van der Waals surface area contributed by atoms with Gasteiger partial charge in [0.25, 0.3) is 5.91 Å². The van der Waals surface area contributed by atoms with Crippen molar-refractivity contribution in [3.05, 3.63) is 35.4 Å². The fourth-order valence-corrected chi connectivity index (χ4v) is 4.89. The summed E-state index contributed by atoms with van der Waals surface area (Å²) in [4.78, 5) is 35.1. The number of carbonyl (C=O) groups excluding carboxylic acids is 2. The molecule has 0 spiro atoms. The predicted molar refractivity (Wildman–Crippen MR) is 132 cm³/mol. The van der Waals surface area contributed by atoms with Crippen LogP contribution >= 0.6 is 0 Å². The number of furan rings is 1. The molecule has 8 nitrogen and oxygen atoms in total. The van der Waals surface area contributed by atoms with Gasteiger partial charge in [-0.1, -0.05) is 0 Å². The molecule has 34 heavy (non-hydrogen) atoms. The van der Waals surface area contributed by atoms with E-state index in [9.17, 15) is 9.59 Å². The highest BCUT2D eigenvalue weighted by molar-refractivity contribution is 6.06. The Morgan fingerprint density at radius 2 is 1.82 bits per heavy atom. The average Bonchev–Trinajstić information content (AvgIpc) is 3.41. The number of likely N-dealkylation sites (tertiary alicyclic amines) is 1. The molecule has 0 saturated carbocycles. The van der Waals surface area contributed by atoms with E-state index in [2.05, 4.69) is 5.10 Å². The van der Waals surface area contributed by atoms with Gasteiger partial charge in [0, 0.05) is 43.7 Å². The molecule has 0 atom stereocenters. The highest BCUT2D eigenvalue weighted by Crippen LogP contribution is 2.31. The molecule has 0 bridgehead atoms. The van der Waals surface area contributed by atoms with Crippen molar-refractivity contribution in [3.8, 4) is 11.3 Å². The maximum Gasteiger partial charge on any atom is 0.254 e. The summed E-state index contributed by atoms with van der Waals surface area (Å²) in [5, 5.41) is 5.28. The smallest absolute Gasteiger partial charge is 0.254 e. The summed E-state index contributed by atoms with van der Waals surface area (Å²) < 4.78 is 7.59. The number of fused-ring (bicyclic) bond motifs is 1. The van der Waals surface area contributed by atoms with Crippen LogP contribution in [0.5, 0.6) is 0 Å². The van der Waals surface area contributed by atoms with Crippen molar-refractivity contribution < 1.29 is 14.0 Å². The molecule has 182 valence electrons. The van der Waals surface area contributed by atoms with E-state index in [1.54, 1.807) is 6.20 Å². The quantitative estimate of drug-likeness (QED) is 0.531. The molecule has 1 aliphatic heterocycles. The summed E-state index contributed by atoms with van der Waals surface area (Å²) >= 11 is 0. The van der Waals surface area contributed by atoms with Crippen LogP contribution in [0.2, 0.25) is 0 Å². The number of pyridine rings is 1. The lowest BCUT2D eigenvalue weighted by atomic mass is 9.94. The lowest BCUT2D eigenvalue weighted by Gasteiger charge is -2.34. The van der Waals surface area contributed by atoms with Crippen LogP contribution in [-0.2, 0) is 4.79 Å². The van der Waals surface area contributed by atoms with Gasteiger partial charge in [-0.15, -0.1) is 0 Å². The molecular weight excluding hydrogens is 430 g/mol. The summed E-state index contributed by atoms with van der Waals surface area (Å²) in [6.07, 6.45) is 3.12. The summed E-state index contributed by atoms with van der Waals surface area (Å²) in [7, 11) is 0. The molecule has 4 rings (SSSR count). The van der Waals surface area contributed by atoms with Crippen LogP contribution in [0.25, 0.3) is 22.3 Å². The molecule has 1 aliphatic rings. The molecule has 3 aromatic rings. The summed E-state index contributed by atoms with van der Waals surface area (Å²) in [6.45, 7) is 14.5. The molecule has 0 unspecified atom stereocenters. The number of piperidine rings is 1. The number of rotatable bonds is 6. The van der Waals surface area contributed by atoms with Crippen LogP contribution in [0, 0.1) is 19.8 Å². The van der Waals surface area contributed by atoms with Gasteiger partial charge in [0.2, 0.25) is 5.91 Å². The van der Waals surface area contributed by atoms with Crippen LogP contribution in [0.1, 0.15) is 68.5 Å². The van der Waals surface area contributed by atoms with E-state index in [0.717, 1.165) is 35.6 Å². The van der Waals surface area contributed by atoms with E-state index in [-0.39, 0.29) is 23.8 Å². The van der Waals surface area contributed by atoms with Gasteiger partial charge in [-0.3, -0.25) is 9.59 Å². The van der Waals surface area contributed by atoms with Crippen molar-refractivity contribution in [2.24, 2.45) is 5.92 Å². The van der Waals surface area contributed by atoms with Crippen LogP contribution in [0.4, 0.5) is 0 Å². The standard InChI is InChI=1S/C26H35N5O3/c1-7-29(8-2)25(32)19-9-11-30(12-10-19)26(33)21-14-23(20-13-17(5)34-18(20)6)28-24-22(21)15-27-31(24)16(3)4/h13-16,19H,7-12H2,1-6H3. The third-order valence-corrected chi connectivity index (χ3v) is 6.81. The van der Waals surface area contributed by atoms with Crippen molar-refractivity contribution >= 4 is 22.8 Å². The number of aromatic nitrogens is 3. The van der Waals surface area contributed by atoms with Crippen LogP contribution < -0.4 is 0 Å². The normalized spacial score (nSPS) is 14.9. The number of carbonyl (C=O) groups is 2. The zero-order valence-corrected chi connectivity index (χ0v) is 21.1. The van der Waals surface area contributed by atoms with Gasteiger partial charge in [-0.05, 0) is 66.5 Å². The third kappa shape index (κ3) is 4.33. The minimum absolute atomic E-state index is 0.0165. The molecule has 3 aromatic heterocycles. The Hall–Kier alpha value is -3.16. The first kappa shape index (κ1) is 24.0. The first-order chi connectivity index (χ1) is 16.2. The maximum absolute atomic E-state index is 13.7. The fraction of sp³-hybridized carbons (Fsp3) is 0.538. The molecule has 8 heteroatoms. The van der Waals surface area contributed by atoms with Crippen LogP contribution in [0.3, 0.4) is 0 Å². The summed E-state index contributed by atoms with van der Waals surface area (Å²) in [6, 6.07) is 3.93. The van der Waals surface area contributed by atoms with Gasteiger partial charge in [-0.25, -0.2) is 9.67 Å². The van der Waals surface area contributed by atoms with E-state index in [0.29, 0.717) is 42.8 Å². The summed E-state index contributed by atoms with van der Waals surface area (Å²) in [5.74, 6) is 1.73. The second-order valence-electron chi connectivity index (χ2n) is 9.38. The molecule has 0 aliphatic carbocycles. The lowest BCUT2D eigenvalue weighted by Crippen LogP contribution is -2.44. The number of aryl methyl sites for hydroxylation is 2. The second-order valence-corrected chi connectivity index (χ2v) is 9.38. The first-order valence-electron chi connectivity index (χ1n) is 12.3. The highest BCUT2D eigenvalue weighted by Gasteiger charge is 2.31. The number of hydrogen-bond donors (Lipinski definition) is 0. The molecule has 0 radical (unpaired) electrons. The maximum atomic E-state index is 13.7. The van der Waals surface area contributed by atoms with Gasteiger partial charge >= 0.3 is 0 Å². The average molecular weight is 466 g/mol. The van der Waals surface area contributed by atoms with Gasteiger partial charge in [0.05, 0.1) is 22.8 Å². The number of hydrogen-bond acceptors (Lipinski definition) is 5. The van der Waals surface area contributed by atoms with Crippen molar-refractivity contribution in [3.63, 3.8) is 0 Å². The van der Waals surface area contributed by atoms with E-state index >= 15 is 0 Å². The molecular formula is C26H35N5O3. The van der Waals surface area contributed by atoms with Crippen molar-refractivity contribution in [1.29, 1.82) is 0 Å². The SMILES string of the molecule is CCN(CC)C(=O)C1CCN(C(=O)c2cc(-c3cc(C)oc3C)nc3c2cnn3C(C)C)CC1. The zero-order chi connectivity index (χ0) is 24.6. The van der Waals surface area contributed by atoms with Gasteiger partial charge in [0.1, 0.15) is 11.5 Å². The van der Waals surface area contributed by atoms with Crippen LogP contribution in [-0.4, -0.2) is 62.6 Å². The van der Waals surface area contributed by atoms with Gasteiger partial charge < -0.3 is 14.2 Å². The highest BCUT2D eigenvalue weighted by atomic mass is 16.3. The largest absolute Gasteiger partial charge is 0.466 e.